The molecule has 1 aliphatic heterocycles. The molecule has 0 spiro atoms. The molecule has 0 saturated carbocycles. The van der Waals surface area contributed by atoms with Crippen LogP contribution in [-0.2, 0) is 4.74 Å². The Kier molecular flexibility index (Phi) is 3.34. The lowest BCUT2D eigenvalue weighted by atomic mass is 10.0. The minimum Gasteiger partial charge on any atom is -0.381 e. The van der Waals surface area contributed by atoms with Gasteiger partial charge < -0.3 is 10.1 Å². The summed E-state index contributed by atoms with van der Waals surface area (Å²) in [5, 5.41) is 3.50. The highest BCUT2D eigenvalue weighted by Crippen LogP contribution is 2.16. The highest BCUT2D eigenvalue weighted by atomic mass is 16.5. The number of hydrogen-bond acceptors (Lipinski definition) is 2. The van der Waals surface area contributed by atoms with Crippen LogP contribution in [0.15, 0.2) is 0 Å². The van der Waals surface area contributed by atoms with E-state index in [4.69, 9.17) is 4.74 Å². The second-order valence-electron chi connectivity index (χ2n) is 3.73. The average molecular weight is 157 g/mol. The first kappa shape index (κ1) is 9.01. The molecule has 2 heteroatoms. The van der Waals surface area contributed by atoms with E-state index in [2.05, 4.69) is 26.1 Å². The third kappa shape index (κ3) is 2.80. The van der Waals surface area contributed by atoms with Crippen molar-refractivity contribution < 1.29 is 4.74 Å². The summed E-state index contributed by atoms with van der Waals surface area (Å²) in [5.74, 6) is 0.734. The molecule has 2 unspecified atom stereocenters. The van der Waals surface area contributed by atoms with E-state index in [1.54, 1.807) is 0 Å². The zero-order chi connectivity index (χ0) is 8.27. The van der Waals surface area contributed by atoms with E-state index in [0.29, 0.717) is 12.1 Å². The summed E-state index contributed by atoms with van der Waals surface area (Å²) in [6.45, 7) is 8.52. The first-order valence-electron chi connectivity index (χ1n) is 4.54. The van der Waals surface area contributed by atoms with Crippen LogP contribution in [-0.4, -0.2) is 25.3 Å². The maximum absolute atomic E-state index is 5.32. The van der Waals surface area contributed by atoms with Crippen molar-refractivity contribution >= 4 is 0 Å². The fraction of sp³-hybridized carbons (Fsp3) is 1.00. The molecule has 0 aromatic heterocycles. The van der Waals surface area contributed by atoms with E-state index in [1.165, 1.54) is 6.42 Å². The predicted octanol–water partition coefficient (Wildman–Crippen LogP) is 1.41. The van der Waals surface area contributed by atoms with Gasteiger partial charge in [0.25, 0.3) is 0 Å². The molecular weight excluding hydrogens is 138 g/mol. The Morgan fingerprint density at radius 1 is 1.36 bits per heavy atom. The van der Waals surface area contributed by atoms with Gasteiger partial charge in [0.2, 0.25) is 0 Å². The summed E-state index contributed by atoms with van der Waals surface area (Å²) in [7, 11) is 0. The van der Waals surface area contributed by atoms with Crippen molar-refractivity contribution in [1.82, 2.24) is 5.32 Å². The van der Waals surface area contributed by atoms with Crippen LogP contribution in [0.3, 0.4) is 0 Å². The molecular formula is C9H19NO. The Morgan fingerprint density at radius 2 is 2.09 bits per heavy atom. The molecule has 0 radical (unpaired) electrons. The molecule has 0 bridgehead atoms. The highest BCUT2D eigenvalue weighted by Gasteiger charge is 2.21. The largest absolute Gasteiger partial charge is 0.381 e. The molecule has 0 aromatic rings. The monoisotopic (exact) mass is 157 g/mol. The van der Waals surface area contributed by atoms with Gasteiger partial charge in [0, 0.05) is 18.7 Å². The number of rotatable bonds is 3. The van der Waals surface area contributed by atoms with Gasteiger partial charge >= 0.3 is 0 Å². The summed E-state index contributed by atoms with van der Waals surface area (Å²) < 4.78 is 5.32. The van der Waals surface area contributed by atoms with Crippen molar-refractivity contribution in [2.24, 2.45) is 5.92 Å². The van der Waals surface area contributed by atoms with E-state index in [1.807, 2.05) is 0 Å². The second-order valence-corrected chi connectivity index (χ2v) is 3.73. The molecule has 1 rings (SSSR count). The van der Waals surface area contributed by atoms with E-state index in [-0.39, 0.29) is 0 Å². The predicted molar refractivity (Wildman–Crippen MR) is 46.7 cm³/mol. The van der Waals surface area contributed by atoms with Gasteiger partial charge in [-0.25, -0.2) is 0 Å². The Labute approximate surface area is 69.3 Å². The van der Waals surface area contributed by atoms with E-state index < -0.39 is 0 Å². The van der Waals surface area contributed by atoms with Crippen LogP contribution in [0.4, 0.5) is 0 Å². The van der Waals surface area contributed by atoms with Gasteiger partial charge in [0.1, 0.15) is 0 Å². The Bertz CT molecular complexity index is 108. The zero-order valence-electron chi connectivity index (χ0n) is 7.76. The van der Waals surface area contributed by atoms with Crippen LogP contribution in [0.25, 0.3) is 0 Å². The van der Waals surface area contributed by atoms with Gasteiger partial charge in [-0.1, -0.05) is 13.8 Å². The van der Waals surface area contributed by atoms with Crippen LogP contribution >= 0.6 is 0 Å². The summed E-state index contributed by atoms with van der Waals surface area (Å²) in [5.41, 5.74) is 0. The first-order valence-corrected chi connectivity index (χ1v) is 4.54. The minimum absolute atomic E-state index is 0.589. The SMILES string of the molecule is CC(C)NC(C)C1CCOC1. The highest BCUT2D eigenvalue weighted by molar-refractivity contribution is 4.76. The topological polar surface area (TPSA) is 21.3 Å². The van der Waals surface area contributed by atoms with Crippen molar-refractivity contribution in [3.05, 3.63) is 0 Å². The quantitative estimate of drug-likeness (QED) is 0.669. The van der Waals surface area contributed by atoms with Gasteiger partial charge in [-0.2, -0.15) is 0 Å². The third-order valence-electron chi connectivity index (χ3n) is 2.27. The molecule has 2 atom stereocenters. The van der Waals surface area contributed by atoms with E-state index in [9.17, 15) is 0 Å². The third-order valence-corrected chi connectivity index (χ3v) is 2.27. The number of hydrogen-bond donors (Lipinski definition) is 1. The molecule has 1 fully saturated rings. The Morgan fingerprint density at radius 3 is 2.55 bits per heavy atom. The summed E-state index contributed by atoms with van der Waals surface area (Å²) in [6.07, 6.45) is 1.22. The zero-order valence-corrected chi connectivity index (χ0v) is 7.76. The molecule has 11 heavy (non-hydrogen) atoms. The molecule has 1 N–H and O–H groups in total. The van der Waals surface area contributed by atoms with Crippen molar-refractivity contribution in [3.63, 3.8) is 0 Å². The Hall–Kier alpha value is -0.0800. The van der Waals surface area contributed by atoms with Crippen molar-refractivity contribution in [1.29, 1.82) is 0 Å². The maximum Gasteiger partial charge on any atom is 0.0509 e. The van der Waals surface area contributed by atoms with Gasteiger partial charge in [-0.15, -0.1) is 0 Å². The second kappa shape index (κ2) is 4.07. The molecule has 1 saturated heterocycles. The van der Waals surface area contributed by atoms with Gasteiger partial charge in [0.15, 0.2) is 0 Å². The molecule has 0 amide bonds. The minimum atomic E-state index is 0.589. The van der Waals surface area contributed by atoms with Gasteiger partial charge in [-0.05, 0) is 19.3 Å². The normalized spacial score (nSPS) is 27.8. The molecule has 2 nitrogen and oxygen atoms in total. The fourth-order valence-corrected chi connectivity index (χ4v) is 1.61. The first-order chi connectivity index (χ1) is 5.20. The van der Waals surface area contributed by atoms with E-state index >= 15 is 0 Å². The lowest BCUT2D eigenvalue weighted by Gasteiger charge is -2.21. The lowest BCUT2D eigenvalue weighted by Crippen LogP contribution is -2.38. The van der Waals surface area contributed by atoms with Crippen molar-refractivity contribution in [2.45, 2.75) is 39.3 Å². The van der Waals surface area contributed by atoms with Crippen molar-refractivity contribution in [2.75, 3.05) is 13.2 Å². The number of nitrogens with one attached hydrogen (secondary N) is 1. The molecule has 0 aliphatic carbocycles. The molecule has 1 heterocycles. The van der Waals surface area contributed by atoms with Crippen LogP contribution in [0.5, 0.6) is 0 Å². The van der Waals surface area contributed by atoms with Crippen LogP contribution in [0, 0.1) is 5.92 Å². The molecule has 1 aliphatic rings. The summed E-state index contributed by atoms with van der Waals surface area (Å²) in [4.78, 5) is 0. The summed E-state index contributed by atoms with van der Waals surface area (Å²) in [6, 6.07) is 1.20. The van der Waals surface area contributed by atoms with Crippen LogP contribution in [0.2, 0.25) is 0 Å². The Balaban J connectivity index is 2.22. The smallest absolute Gasteiger partial charge is 0.0509 e. The molecule has 66 valence electrons. The van der Waals surface area contributed by atoms with Crippen LogP contribution in [0.1, 0.15) is 27.2 Å². The van der Waals surface area contributed by atoms with E-state index in [0.717, 1.165) is 19.1 Å². The fourth-order valence-electron chi connectivity index (χ4n) is 1.61. The average Bonchev–Trinajstić information content (AvgIpc) is 2.35. The van der Waals surface area contributed by atoms with Gasteiger partial charge in [0.05, 0.1) is 6.61 Å². The number of ether oxygens (including phenoxy) is 1. The van der Waals surface area contributed by atoms with Crippen LogP contribution < -0.4 is 5.32 Å². The van der Waals surface area contributed by atoms with Crippen molar-refractivity contribution in [3.8, 4) is 0 Å². The van der Waals surface area contributed by atoms with Gasteiger partial charge in [-0.3, -0.25) is 0 Å². The maximum atomic E-state index is 5.32. The standard InChI is InChI=1S/C9H19NO/c1-7(2)10-8(3)9-4-5-11-6-9/h7-10H,4-6H2,1-3H3. The molecule has 0 aromatic carbocycles. The lowest BCUT2D eigenvalue weighted by molar-refractivity contribution is 0.177. The summed E-state index contributed by atoms with van der Waals surface area (Å²) >= 11 is 0.